The van der Waals surface area contributed by atoms with E-state index in [-0.39, 0.29) is 0 Å². The van der Waals surface area contributed by atoms with Gasteiger partial charge < -0.3 is 5.32 Å². The van der Waals surface area contributed by atoms with Crippen LogP contribution in [0.25, 0.3) is 0 Å². The summed E-state index contributed by atoms with van der Waals surface area (Å²) in [5.41, 5.74) is 3.12. The number of rotatable bonds is 4. The molecule has 0 aliphatic heterocycles. The third-order valence-electron chi connectivity index (χ3n) is 0.803. The highest BCUT2D eigenvalue weighted by molar-refractivity contribution is 4.40. The average molecular weight is 117 g/mol. The van der Waals surface area contributed by atoms with Crippen molar-refractivity contribution in [2.75, 3.05) is 34.2 Å². The Morgan fingerprint density at radius 1 is 1.25 bits per heavy atom. The van der Waals surface area contributed by atoms with E-state index in [4.69, 9.17) is 0 Å². The van der Waals surface area contributed by atoms with E-state index < -0.39 is 0 Å². The molecule has 0 aliphatic carbocycles. The molecule has 0 unspecified atom stereocenters. The van der Waals surface area contributed by atoms with Gasteiger partial charge in [0.15, 0.2) is 0 Å². The van der Waals surface area contributed by atoms with Crippen LogP contribution in [0.3, 0.4) is 0 Å². The number of hydrogen-bond acceptors (Lipinski definition) is 3. The normalized spacial score (nSPS) is 10.5. The highest BCUT2D eigenvalue weighted by Crippen LogP contribution is 1.59. The molecule has 0 rings (SSSR count). The zero-order chi connectivity index (χ0) is 6.41. The van der Waals surface area contributed by atoms with Crippen molar-refractivity contribution in [2.24, 2.45) is 0 Å². The van der Waals surface area contributed by atoms with Crippen molar-refractivity contribution >= 4 is 0 Å². The Bertz CT molecular complexity index is 44.9. The molecule has 0 aliphatic rings. The molecule has 0 bridgehead atoms. The molecule has 0 aromatic rings. The second-order valence-corrected chi connectivity index (χ2v) is 1.91. The van der Waals surface area contributed by atoms with E-state index in [1.807, 2.05) is 26.2 Å². The summed E-state index contributed by atoms with van der Waals surface area (Å²) >= 11 is 0. The summed E-state index contributed by atoms with van der Waals surface area (Å²) < 4.78 is 0. The van der Waals surface area contributed by atoms with E-state index in [9.17, 15) is 0 Å². The first kappa shape index (κ1) is 7.88. The minimum absolute atomic E-state index is 0.990. The summed E-state index contributed by atoms with van der Waals surface area (Å²) in [6, 6.07) is 0. The van der Waals surface area contributed by atoms with Gasteiger partial charge in [-0.2, -0.15) is 0 Å². The van der Waals surface area contributed by atoms with Crippen LogP contribution in [0.5, 0.6) is 0 Å². The van der Waals surface area contributed by atoms with E-state index >= 15 is 0 Å². The molecular weight excluding hydrogens is 102 g/mol. The van der Waals surface area contributed by atoms with Crippen molar-refractivity contribution in [2.45, 2.75) is 0 Å². The van der Waals surface area contributed by atoms with E-state index in [2.05, 4.69) is 10.7 Å². The Morgan fingerprint density at radius 2 is 1.88 bits per heavy atom. The SMILES string of the molecule is CNCCNN(C)C. The van der Waals surface area contributed by atoms with Gasteiger partial charge in [0, 0.05) is 27.2 Å². The first-order valence-corrected chi connectivity index (χ1v) is 2.83. The van der Waals surface area contributed by atoms with Crippen molar-refractivity contribution in [1.82, 2.24) is 15.8 Å². The fraction of sp³-hybridized carbons (Fsp3) is 1.00. The molecule has 8 heavy (non-hydrogen) atoms. The monoisotopic (exact) mass is 117 g/mol. The lowest BCUT2D eigenvalue weighted by molar-refractivity contribution is 0.291. The van der Waals surface area contributed by atoms with Crippen molar-refractivity contribution in [3.63, 3.8) is 0 Å². The molecule has 0 saturated carbocycles. The molecule has 0 radical (unpaired) electrons. The molecule has 0 spiro atoms. The zero-order valence-corrected chi connectivity index (χ0v) is 5.86. The second-order valence-electron chi connectivity index (χ2n) is 1.91. The van der Waals surface area contributed by atoms with Gasteiger partial charge in [-0.25, -0.2) is 0 Å². The molecule has 3 heteroatoms. The highest BCUT2D eigenvalue weighted by Gasteiger charge is 1.83. The number of nitrogens with one attached hydrogen (secondary N) is 2. The minimum Gasteiger partial charge on any atom is -0.318 e. The van der Waals surface area contributed by atoms with Crippen LogP contribution in [0, 0.1) is 0 Å². The summed E-state index contributed by atoms with van der Waals surface area (Å²) in [6.45, 7) is 2.00. The Hall–Kier alpha value is -0.120. The molecule has 3 nitrogen and oxygen atoms in total. The standard InChI is InChI=1S/C5H15N3/c1-6-4-5-7-8(2)3/h6-7H,4-5H2,1-3H3. The first-order valence-electron chi connectivity index (χ1n) is 2.83. The molecule has 0 atom stereocenters. The van der Waals surface area contributed by atoms with Crippen LogP contribution in [0.4, 0.5) is 0 Å². The molecule has 0 aromatic heterocycles. The van der Waals surface area contributed by atoms with E-state index in [1.165, 1.54) is 0 Å². The fourth-order valence-corrected chi connectivity index (χ4v) is 0.405. The molecule has 0 saturated heterocycles. The van der Waals surface area contributed by atoms with Gasteiger partial charge >= 0.3 is 0 Å². The van der Waals surface area contributed by atoms with Gasteiger partial charge in [0.1, 0.15) is 0 Å². The van der Waals surface area contributed by atoms with Crippen LogP contribution in [0.1, 0.15) is 0 Å². The van der Waals surface area contributed by atoms with Crippen LogP contribution < -0.4 is 10.7 Å². The molecule has 0 aromatic carbocycles. The van der Waals surface area contributed by atoms with Gasteiger partial charge in [-0.15, -0.1) is 0 Å². The summed E-state index contributed by atoms with van der Waals surface area (Å²) in [5.74, 6) is 0. The number of nitrogens with zero attached hydrogens (tertiary/aromatic N) is 1. The van der Waals surface area contributed by atoms with Crippen molar-refractivity contribution in [1.29, 1.82) is 0 Å². The van der Waals surface area contributed by atoms with Gasteiger partial charge in [-0.1, -0.05) is 0 Å². The summed E-state index contributed by atoms with van der Waals surface area (Å²) in [5, 5.41) is 4.98. The van der Waals surface area contributed by atoms with Crippen LogP contribution in [0.2, 0.25) is 0 Å². The maximum absolute atomic E-state index is 3.12. The Balaban J connectivity index is 2.72. The smallest absolute Gasteiger partial charge is 0.0227 e. The summed E-state index contributed by atoms with van der Waals surface area (Å²) in [7, 11) is 5.91. The largest absolute Gasteiger partial charge is 0.318 e. The van der Waals surface area contributed by atoms with E-state index in [0.717, 1.165) is 13.1 Å². The first-order chi connectivity index (χ1) is 3.77. The zero-order valence-electron chi connectivity index (χ0n) is 5.86. The van der Waals surface area contributed by atoms with Crippen LogP contribution in [0.15, 0.2) is 0 Å². The topological polar surface area (TPSA) is 27.3 Å². The quantitative estimate of drug-likeness (QED) is 0.375. The van der Waals surface area contributed by atoms with Crippen molar-refractivity contribution in [3.8, 4) is 0 Å². The lowest BCUT2D eigenvalue weighted by Gasteiger charge is -2.10. The third kappa shape index (κ3) is 5.88. The van der Waals surface area contributed by atoms with Gasteiger partial charge in [-0.05, 0) is 7.05 Å². The van der Waals surface area contributed by atoms with Gasteiger partial charge in [0.25, 0.3) is 0 Å². The van der Waals surface area contributed by atoms with Crippen molar-refractivity contribution in [3.05, 3.63) is 0 Å². The Morgan fingerprint density at radius 3 is 2.25 bits per heavy atom. The van der Waals surface area contributed by atoms with Gasteiger partial charge in [-0.3, -0.25) is 10.4 Å². The molecule has 50 valence electrons. The number of hydrazine groups is 1. The second kappa shape index (κ2) is 5.03. The lowest BCUT2D eigenvalue weighted by Crippen LogP contribution is -2.35. The molecule has 0 fully saturated rings. The summed E-state index contributed by atoms with van der Waals surface area (Å²) in [4.78, 5) is 0. The molecule has 0 heterocycles. The van der Waals surface area contributed by atoms with Crippen LogP contribution in [-0.2, 0) is 0 Å². The molecule has 2 N–H and O–H groups in total. The number of hydrogen-bond donors (Lipinski definition) is 2. The maximum atomic E-state index is 3.12. The average Bonchev–Trinajstić information content (AvgIpc) is 1.66. The Kier molecular flexibility index (Phi) is 4.95. The number of likely N-dealkylation sites (N-methyl/N-ethyl adjacent to an activating group) is 1. The van der Waals surface area contributed by atoms with Gasteiger partial charge in [0.2, 0.25) is 0 Å². The summed E-state index contributed by atoms with van der Waals surface area (Å²) in [6.07, 6.45) is 0. The predicted molar refractivity (Wildman–Crippen MR) is 35.6 cm³/mol. The highest BCUT2D eigenvalue weighted by atomic mass is 15.5. The molecular formula is C5H15N3. The predicted octanol–water partition coefficient (Wildman–Crippen LogP) is -0.728. The lowest BCUT2D eigenvalue weighted by atomic mass is 10.6. The van der Waals surface area contributed by atoms with Crippen LogP contribution in [-0.4, -0.2) is 39.2 Å². The van der Waals surface area contributed by atoms with Crippen LogP contribution >= 0.6 is 0 Å². The van der Waals surface area contributed by atoms with Crippen molar-refractivity contribution < 1.29 is 0 Å². The van der Waals surface area contributed by atoms with E-state index in [1.54, 1.807) is 0 Å². The Labute approximate surface area is 51.0 Å². The third-order valence-corrected chi connectivity index (χ3v) is 0.803. The molecule has 0 amide bonds. The minimum atomic E-state index is 0.990. The fourth-order valence-electron chi connectivity index (χ4n) is 0.405. The van der Waals surface area contributed by atoms with Gasteiger partial charge in [0.05, 0.1) is 0 Å². The van der Waals surface area contributed by atoms with E-state index in [0.29, 0.717) is 0 Å². The maximum Gasteiger partial charge on any atom is 0.0227 e.